The van der Waals surface area contributed by atoms with E-state index in [2.05, 4.69) is 97.8 Å². The molecule has 0 amide bonds. The molecule has 5 aliphatic carbocycles. The van der Waals surface area contributed by atoms with Gasteiger partial charge in [-0.3, -0.25) is 47.5 Å². The molecule has 0 heterocycles. The summed E-state index contributed by atoms with van der Waals surface area (Å²) in [5, 5.41) is 0. The van der Waals surface area contributed by atoms with Gasteiger partial charge >= 0.3 is 29.8 Å². The molecule has 25 heteroatoms. The van der Waals surface area contributed by atoms with Gasteiger partial charge in [-0.15, -0.1) is 63.1 Å². The molecular formula is C95H140F10O10S5. The molecule has 0 atom stereocenters. The van der Waals surface area contributed by atoms with Crippen LogP contribution in [0.3, 0.4) is 0 Å². The molecule has 0 aromatic heterocycles. The standard InChI is InChI=1S/5C19H27FO2S.5FH/c5*1-2-3-4-5-6-14-7-9-15(10-8-14)19(21)22-16-11-12-18(23)17(20)13-16;;;;;/h5*11-15,23H,2-10H2,1H3;5*1H. The average molecular weight is 1790 g/mol. The fraction of sp³-hybridized carbons (Fsp3) is 0.632. The number of hydrogen-bond donors (Lipinski definition) is 5. The van der Waals surface area contributed by atoms with Crippen molar-refractivity contribution in [1.82, 2.24) is 0 Å². The highest BCUT2D eigenvalue weighted by atomic mass is 32.1. The van der Waals surface area contributed by atoms with E-state index in [4.69, 9.17) is 23.7 Å². The summed E-state index contributed by atoms with van der Waals surface area (Å²) in [5.74, 6) is 1.53. The largest absolute Gasteiger partial charge is 0.426 e. The van der Waals surface area contributed by atoms with E-state index in [1.165, 1.54) is 221 Å². The Kier molecular flexibility index (Phi) is 60.3. The first-order valence-corrected chi connectivity index (χ1v) is 46.2. The third-order valence-corrected chi connectivity index (χ3v) is 25.7. The van der Waals surface area contributed by atoms with Gasteiger partial charge in [0, 0.05) is 54.8 Å². The van der Waals surface area contributed by atoms with Crippen molar-refractivity contribution < 1.29 is 93.1 Å². The lowest BCUT2D eigenvalue weighted by molar-refractivity contribution is -0.141. The molecule has 5 aromatic rings. The number of unbranched alkanes of at least 4 members (excludes halogenated alkanes) is 15. The number of benzene rings is 5. The molecule has 0 bridgehead atoms. The predicted molar refractivity (Wildman–Crippen MR) is 480 cm³/mol. The summed E-state index contributed by atoms with van der Waals surface area (Å²) in [6.07, 6.45) is 52.6. The summed E-state index contributed by atoms with van der Waals surface area (Å²) in [6, 6.07) is 21.6. The molecule has 0 spiro atoms. The Bertz CT molecular complexity index is 3110. The molecule has 0 saturated heterocycles. The number of rotatable bonds is 35. The van der Waals surface area contributed by atoms with Crippen LogP contribution in [0.4, 0.5) is 45.5 Å². The van der Waals surface area contributed by atoms with Gasteiger partial charge in [0.25, 0.3) is 0 Å². The third-order valence-electron chi connectivity index (χ3n) is 23.9. The summed E-state index contributed by atoms with van der Waals surface area (Å²) < 4.78 is 93.8. The van der Waals surface area contributed by atoms with Crippen molar-refractivity contribution in [3.8, 4) is 28.7 Å². The van der Waals surface area contributed by atoms with Gasteiger partial charge < -0.3 is 23.7 Å². The van der Waals surface area contributed by atoms with Crippen LogP contribution in [0.5, 0.6) is 28.7 Å². The minimum Gasteiger partial charge on any atom is -0.426 e. The van der Waals surface area contributed by atoms with E-state index < -0.39 is 29.1 Å². The second-order valence-corrected chi connectivity index (χ2v) is 35.4. The van der Waals surface area contributed by atoms with Crippen molar-refractivity contribution in [2.45, 2.75) is 348 Å². The number of halogens is 10. The Balaban J connectivity index is 0.000000742. The smallest absolute Gasteiger partial charge is 0.314 e. The first kappa shape index (κ1) is 113. The van der Waals surface area contributed by atoms with Crippen LogP contribution in [-0.4, -0.2) is 29.8 Å². The average Bonchev–Trinajstić information content (AvgIpc) is 0.872. The lowest BCUT2D eigenvalue weighted by Gasteiger charge is -2.27. The predicted octanol–water partition coefficient (Wildman–Crippen LogP) is 29.7. The van der Waals surface area contributed by atoms with Crippen LogP contribution in [0, 0.1) is 88.3 Å². The van der Waals surface area contributed by atoms with Crippen molar-refractivity contribution in [1.29, 1.82) is 0 Å². The summed E-state index contributed by atoms with van der Waals surface area (Å²) in [6.45, 7) is 11.1. The van der Waals surface area contributed by atoms with Crippen LogP contribution in [0.1, 0.15) is 324 Å². The van der Waals surface area contributed by atoms with Crippen LogP contribution in [0.25, 0.3) is 0 Å². The summed E-state index contributed by atoms with van der Waals surface area (Å²) in [4.78, 5) is 62.3. The van der Waals surface area contributed by atoms with E-state index >= 15 is 0 Å². The molecule has 5 fully saturated rings. The molecule has 5 aromatic carbocycles. The van der Waals surface area contributed by atoms with Gasteiger partial charge in [0.1, 0.15) is 57.8 Å². The second kappa shape index (κ2) is 64.3. The van der Waals surface area contributed by atoms with Gasteiger partial charge in [0.15, 0.2) is 0 Å². The Labute approximate surface area is 737 Å². The monoisotopic (exact) mass is 1790 g/mol. The molecule has 10 nitrogen and oxygen atoms in total. The topological polar surface area (TPSA) is 132 Å². The van der Waals surface area contributed by atoms with Gasteiger partial charge in [-0.25, -0.2) is 22.0 Å². The minimum absolute atomic E-state index is 0. The Morgan fingerprint density at radius 3 is 0.508 bits per heavy atom. The molecule has 5 aliphatic rings. The lowest BCUT2D eigenvalue weighted by Crippen LogP contribution is -2.25. The quantitative estimate of drug-likeness (QED) is 0.00879. The fourth-order valence-electron chi connectivity index (χ4n) is 16.5. The number of hydrogen-bond acceptors (Lipinski definition) is 15. The zero-order valence-corrected chi connectivity index (χ0v) is 76.0. The molecule has 120 heavy (non-hydrogen) atoms. The highest BCUT2D eigenvalue weighted by molar-refractivity contribution is 7.81. The zero-order chi connectivity index (χ0) is 83.3. The van der Waals surface area contributed by atoms with Crippen LogP contribution in [0.15, 0.2) is 115 Å². The highest BCUT2D eigenvalue weighted by Gasteiger charge is 2.33. The van der Waals surface area contributed by atoms with E-state index in [1.54, 1.807) is 30.3 Å². The lowest BCUT2D eigenvalue weighted by atomic mass is 9.80. The number of thiol groups is 5. The highest BCUT2D eigenvalue weighted by Crippen LogP contribution is 2.40. The third kappa shape index (κ3) is 43.4. The Hall–Kier alpha value is -5.50. The number of esters is 5. The number of carbonyl (C=O) groups is 5. The Morgan fingerprint density at radius 1 is 0.242 bits per heavy atom. The molecule has 680 valence electrons. The molecular weight excluding hydrogens is 1650 g/mol. The van der Waals surface area contributed by atoms with Gasteiger partial charge in [-0.1, -0.05) is 195 Å². The minimum atomic E-state index is -0.463. The van der Waals surface area contributed by atoms with E-state index in [0.717, 1.165) is 158 Å². The second-order valence-electron chi connectivity index (χ2n) is 33.0. The van der Waals surface area contributed by atoms with E-state index in [9.17, 15) is 45.9 Å². The molecule has 10 rings (SSSR count). The first-order chi connectivity index (χ1) is 55.5. The van der Waals surface area contributed by atoms with Gasteiger partial charge in [-0.2, -0.15) is 0 Å². The summed E-state index contributed by atoms with van der Waals surface area (Å²) >= 11 is 19.9. The van der Waals surface area contributed by atoms with Crippen molar-refractivity contribution in [2.75, 3.05) is 0 Å². The van der Waals surface area contributed by atoms with Gasteiger partial charge in [0.2, 0.25) is 0 Å². The van der Waals surface area contributed by atoms with Crippen molar-refractivity contribution >= 4 is 93.0 Å². The SMILES string of the molecule is CCCCCCC1CCC(C(=O)Oc2ccc(S)c(F)c2)CC1.CCCCCCC1CCC(C(=O)Oc2ccc(S)c(F)c2)CC1.CCCCCCC1CCC(C(=O)Oc2ccc(S)c(F)c2)CC1.CCCCCCC1CCC(C(=O)Oc2ccc(S)c(F)c2)CC1.CCCCCCC1CCC(C(=O)Oc2ccc(S)c(F)c2)CC1.F.F.F.F.F. The maximum absolute atomic E-state index is 13.4. The van der Waals surface area contributed by atoms with Crippen molar-refractivity contribution in [3.63, 3.8) is 0 Å². The first-order valence-electron chi connectivity index (χ1n) is 44.0. The molecule has 0 aliphatic heterocycles. The van der Waals surface area contributed by atoms with Crippen LogP contribution in [-0.2, 0) is 24.0 Å². The number of ether oxygens (including phenoxy) is 5. The van der Waals surface area contributed by atoms with E-state index in [1.807, 2.05) is 0 Å². The summed E-state index contributed by atoms with van der Waals surface area (Å²) in [5.41, 5.74) is 0. The molecule has 0 unspecified atom stereocenters. The van der Waals surface area contributed by atoms with Crippen molar-refractivity contribution in [2.24, 2.45) is 59.2 Å². The van der Waals surface area contributed by atoms with E-state index in [-0.39, 0.29) is 136 Å². The van der Waals surface area contributed by atoms with E-state index in [0.29, 0.717) is 0 Å². The maximum Gasteiger partial charge on any atom is 0.314 e. The fourth-order valence-corrected chi connectivity index (χ4v) is 17.2. The van der Waals surface area contributed by atoms with Gasteiger partial charge in [0.05, 0.1) is 29.6 Å². The Morgan fingerprint density at radius 2 is 0.383 bits per heavy atom. The molecule has 0 radical (unpaired) electrons. The molecule has 0 N–H and O–H groups in total. The number of carbonyl (C=O) groups excluding carboxylic acids is 5. The van der Waals surface area contributed by atoms with Crippen LogP contribution < -0.4 is 23.7 Å². The van der Waals surface area contributed by atoms with Crippen LogP contribution in [0.2, 0.25) is 0 Å². The van der Waals surface area contributed by atoms with Crippen LogP contribution >= 0.6 is 63.1 Å². The zero-order valence-electron chi connectivity index (χ0n) is 71.5. The summed E-state index contributed by atoms with van der Waals surface area (Å²) in [7, 11) is 0. The maximum atomic E-state index is 13.4. The normalized spacial score (nSPS) is 20.3. The molecule has 5 saturated carbocycles. The van der Waals surface area contributed by atoms with Gasteiger partial charge in [-0.05, 0) is 219 Å². The van der Waals surface area contributed by atoms with Crippen molar-refractivity contribution in [3.05, 3.63) is 120 Å².